The number of halogens is 1. The molecule has 1 aliphatic rings. The van der Waals surface area contributed by atoms with Crippen LogP contribution in [0.4, 0.5) is 4.39 Å². The predicted molar refractivity (Wildman–Crippen MR) is 99.4 cm³/mol. The highest BCUT2D eigenvalue weighted by atomic mass is 19.1. The van der Waals surface area contributed by atoms with Gasteiger partial charge in [-0.1, -0.05) is 12.1 Å². The molecule has 3 rings (SSSR count). The minimum atomic E-state index is -0.183. The Morgan fingerprint density at radius 3 is 3.00 bits per heavy atom. The minimum absolute atomic E-state index is 0.0191. The molecule has 2 aromatic rings. The minimum Gasteiger partial charge on any atom is -0.370 e. The van der Waals surface area contributed by atoms with Crippen LogP contribution in [-0.2, 0) is 18.3 Å². The van der Waals surface area contributed by atoms with E-state index in [2.05, 4.69) is 22.2 Å². The maximum Gasteiger partial charge on any atom is 0.194 e. The summed E-state index contributed by atoms with van der Waals surface area (Å²) in [6, 6.07) is 5.13. The van der Waals surface area contributed by atoms with Crippen LogP contribution in [0.1, 0.15) is 29.7 Å². The van der Waals surface area contributed by atoms with Gasteiger partial charge < -0.3 is 15.0 Å². The molecule has 2 heterocycles. The van der Waals surface area contributed by atoms with Crippen LogP contribution in [0.3, 0.4) is 0 Å². The molecule has 0 aliphatic carbocycles. The first kappa shape index (κ1) is 18.4. The Morgan fingerprint density at radius 1 is 1.46 bits per heavy atom. The van der Waals surface area contributed by atoms with Crippen molar-refractivity contribution in [3.63, 3.8) is 0 Å². The summed E-state index contributed by atoms with van der Waals surface area (Å²) in [6.45, 7) is 7.27. The molecule has 6 nitrogen and oxygen atoms in total. The fraction of sp³-hybridized carbons (Fsp3) is 0.474. The molecule has 1 atom stereocenters. The number of morpholine rings is 1. The first-order valence-electron chi connectivity index (χ1n) is 8.95. The second-order valence-corrected chi connectivity index (χ2v) is 6.51. The highest BCUT2D eigenvalue weighted by Crippen LogP contribution is 2.21. The molecule has 1 aromatic carbocycles. The van der Waals surface area contributed by atoms with Gasteiger partial charge in [0, 0.05) is 31.9 Å². The number of nitrogens with one attached hydrogen (secondary N) is 1. The van der Waals surface area contributed by atoms with Crippen molar-refractivity contribution in [3.05, 3.63) is 53.1 Å². The van der Waals surface area contributed by atoms with Crippen LogP contribution in [0.5, 0.6) is 0 Å². The summed E-state index contributed by atoms with van der Waals surface area (Å²) in [4.78, 5) is 6.95. The molecule has 0 spiro atoms. The standard InChI is InChI=1S/C19H26FN5O/c1-4-21-19(22-10-15-5-6-17(20)14(2)9-15)25-7-8-26-18(13-25)16-11-23-24(3)12-16/h5-6,9,11-12,18H,4,7-8,10,13H2,1-3H3,(H,21,22). The van der Waals surface area contributed by atoms with E-state index in [0.717, 1.165) is 36.7 Å². The van der Waals surface area contributed by atoms with Crippen molar-refractivity contribution in [2.45, 2.75) is 26.5 Å². The smallest absolute Gasteiger partial charge is 0.194 e. The summed E-state index contributed by atoms with van der Waals surface area (Å²) in [5.41, 5.74) is 2.71. The van der Waals surface area contributed by atoms with Crippen molar-refractivity contribution in [3.8, 4) is 0 Å². The van der Waals surface area contributed by atoms with E-state index in [-0.39, 0.29) is 11.9 Å². The second-order valence-electron chi connectivity index (χ2n) is 6.51. The molecule has 1 aliphatic heterocycles. The predicted octanol–water partition coefficient (Wildman–Crippen LogP) is 2.41. The number of aryl methyl sites for hydroxylation is 2. The lowest BCUT2D eigenvalue weighted by Gasteiger charge is -2.34. The molecule has 1 aromatic heterocycles. The number of aromatic nitrogens is 2. The molecule has 1 fully saturated rings. The van der Waals surface area contributed by atoms with Crippen LogP contribution in [0.25, 0.3) is 0 Å². The SMILES string of the molecule is CCNC(=NCc1ccc(F)c(C)c1)N1CCOC(c2cnn(C)c2)C1. The molecule has 0 bridgehead atoms. The van der Waals surface area contributed by atoms with Gasteiger partial charge in [0.15, 0.2) is 5.96 Å². The molecule has 1 saturated heterocycles. The number of hydrogen-bond acceptors (Lipinski definition) is 3. The van der Waals surface area contributed by atoms with E-state index >= 15 is 0 Å². The lowest BCUT2D eigenvalue weighted by molar-refractivity contribution is -0.00805. The Hall–Kier alpha value is -2.41. The number of aliphatic imine (C=N–C) groups is 1. The van der Waals surface area contributed by atoms with Gasteiger partial charge in [0.05, 0.1) is 25.9 Å². The van der Waals surface area contributed by atoms with Crippen LogP contribution in [0.15, 0.2) is 35.6 Å². The maximum absolute atomic E-state index is 13.4. The molecular formula is C19H26FN5O. The van der Waals surface area contributed by atoms with E-state index < -0.39 is 0 Å². The normalized spacial score (nSPS) is 18.2. The first-order valence-corrected chi connectivity index (χ1v) is 8.95. The van der Waals surface area contributed by atoms with Gasteiger partial charge in [-0.2, -0.15) is 5.10 Å². The summed E-state index contributed by atoms with van der Waals surface area (Å²) in [5.74, 6) is 0.670. The third-order valence-corrected chi connectivity index (χ3v) is 4.43. The molecule has 1 N–H and O–H groups in total. The van der Waals surface area contributed by atoms with Crippen LogP contribution in [-0.4, -0.2) is 46.9 Å². The number of benzene rings is 1. The molecule has 0 saturated carbocycles. The molecule has 0 radical (unpaired) electrons. The summed E-state index contributed by atoms with van der Waals surface area (Å²) < 4.78 is 21.1. The van der Waals surface area contributed by atoms with Gasteiger partial charge in [-0.3, -0.25) is 4.68 Å². The third kappa shape index (κ3) is 4.40. The molecular weight excluding hydrogens is 333 g/mol. The Bertz CT molecular complexity index is 773. The molecule has 7 heteroatoms. The first-order chi connectivity index (χ1) is 12.6. The van der Waals surface area contributed by atoms with E-state index in [1.165, 1.54) is 6.07 Å². The van der Waals surface area contributed by atoms with Crippen LogP contribution >= 0.6 is 0 Å². The molecule has 26 heavy (non-hydrogen) atoms. The van der Waals surface area contributed by atoms with E-state index in [4.69, 9.17) is 9.73 Å². The summed E-state index contributed by atoms with van der Waals surface area (Å²) in [5, 5.41) is 7.58. The van der Waals surface area contributed by atoms with Crippen molar-refractivity contribution in [1.29, 1.82) is 0 Å². The lowest BCUT2D eigenvalue weighted by Crippen LogP contribution is -2.48. The van der Waals surface area contributed by atoms with Gasteiger partial charge in [-0.05, 0) is 31.0 Å². The van der Waals surface area contributed by atoms with E-state index in [9.17, 15) is 4.39 Å². The Morgan fingerprint density at radius 2 is 2.31 bits per heavy atom. The van der Waals surface area contributed by atoms with Gasteiger partial charge in [-0.25, -0.2) is 9.38 Å². The lowest BCUT2D eigenvalue weighted by atomic mass is 10.1. The zero-order valence-corrected chi connectivity index (χ0v) is 15.6. The zero-order chi connectivity index (χ0) is 18.5. The van der Waals surface area contributed by atoms with Gasteiger partial charge in [0.2, 0.25) is 0 Å². The van der Waals surface area contributed by atoms with Crippen molar-refractivity contribution in [1.82, 2.24) is 20.0 Å². The van der Waals surface area contributed by atoms with Crippen molar-refractivity contribution >= 4 is 5.96 Å². The van der Waals surface area contributed by atoms with Crippen molar-refractivity contribution in [2.75, 3.05) is 26.2 Å². The van der Waals surface area contributed by atoms with Gasteiger partial charge >= 0.3 is 0 Å². The number of rotatable bonds is 4. The maximum atomic E-state index is 13.4. The average molecular weight is 359 g/mol. The average Bonchev–Trinajstić information content (AvgIpc) is 3.08. The highest BCUT2D eigenvalue weighted by molar-refractivity contribution is 5.80. The number of hydrogen-bond donors (Lipinski definition) is 1. The summed E-state index contributed by atoms with van der Waals surface area (Å²) in [6.07, 6.45) is 3.81. The summed E-state index contributed by atoms with van der Waals surface area (Å²) in [7, 11) is 1.90. The highest BCUT2D eigenvalue weighted by Gasteiger charge is 2.25. The van der Waals surface area contributed by atoms with Gasteiger partial charge in [-0.15, -0.1) is 0 Å². The number of ether oxygens (including phenoxy) is 1. The Kier molecular flexibility index (Phi) is 5.88. The Labute approximate surface area is 153 Å². The fourth-order valence-corrected chi connectivity index (χ4v) is 3.05. The zero-order valence-electron chi connectivity index (χ0n) is 15.6. The molecule has 0 amide bonds. The second kappa shape index (κ2) is 8.31. The topological polar surface area (TPSA) is 54.7 Å². The van der Waals surface area contributed by atoms with Crippen LogP contribution in [0.2, 0.25) is 0 Å². The monoisotopic (exact) mass is 359 g/mol. The summed E-state index contributed by atoms with van der Waals surface area (Å²) >= 11 is 0. The van der Waals surface area contributed by atoms with Crippen LogP contribution in [0, 0.1) is 12.7 Å². The van der Waals surface area contributed by atoms with Gasteiger partial charge in [0.1, 0.15) is 11.9 Å². The van der Waals surface area contributed by atoms with Crippen molar-refractivity contribution in [2.24, 2.45) is 12.0 Å². The Balaban J connectivity index is 1.72. The largest absolute Gasteiger partial charge is 0.370 e. The van der Waals surface area contributed by atoms with Gasteiger partial charge in [0.25, 0.3) is 0 Å². The third-order valence-electron chi connectivity index (χ3n) is 4.43. The number of nitrogens with zero attached hydrogens (tertiary/aromatic N) is 4. The fourth-order valence-electron chi connectivity index (χ4n) is 3.05. The van der Waals surface area contributed by atoms with Crippen LogP contribution < -0.4 is 5.32 Å². The quantitative estimate of drug-likeness (QED) is 0.673. The van der Waals surface area contributed by atoms with E-state index in [1.807, 2.05) is 25.5 Å². The number of guanidine groups is 1. The molecule has 1 unspecified atom stereocenters. The molecule has 140 valence electrons. The van der Waals surface area contributed by atoms with Crippen molar-refractivity contribution < 1.29 is 9.13 Å². The van der Waals surface area contributed by atoms with E-state index in [1.54, 1.807) is 17.7 Å². The van der Waals surface area contributed by atoms with E-state index in [0.29, 0.717) is 18.7 Å².